The molecule has 0 aliphatic heterocycles. The van der Waals surface area contributed by atoms with Crippen LogP contribution in [0.5, 0.6) is 0 Å². The molecule has 0 aliphatic rings. The standard InChI is InChI=1S/C13H30N.C9H14N.C2HF3O2.CH2O2/c1-5-8-11-14(4,12-9-6-2)13-10-7-3;1-10(2,3)9-7-5-4-6-8-9;3-2(4,5)1(6)7;2-1-3/h5-13H2,1-4H3;4-8H,1-3H3;(H,6,7);1H,(H,2,3)/q2*+1;;/p-2. The van der Waals surface area contributed by atoms with Gasteiger partial charge in [0.2, 0.25) is 0 Å². The number of carbonyl (C=O) groups excluding carboxylic acids is 2. The number of aliphatic carboxylic acids is 1. The molecule has 0 atom stereocenters. The van der Waals surface area contributed by atoms with E-state index in [9.17, 15) is 13.2 Å². The Kier molecular flexibility index (Phi) is 21.7. The molecule has 0 heterocycles. The van der Waals surface area contributed by atoms with Crippen LogP contribution in [0.15, 0.2) is 30.3 Å². The van der Waals surface area contributed by atoms with Crippen molar-refractivity contribution in [2.75, 3.05) is 47.8 Å². The Bertz CT molecular complexity index is 597. The number of carboxylic acids is 1. The fourth-order valence-electron chi connectivity index (χ4n) is 2.83. The Morgan fingerprint density at radius 1 is 0.853 bits per heavy atom. The van der Waals surface area contributed by atoms with Gasteiger partial charge in [-0.25, -0.2) is 0 Å². The number of hydrogen-bond donors (Lipinski definition) is 0. The molecule has 0 unspecified atom stereocenters. The Morgan fingerprint density at radius 3 is 1.32 bits per heavy atom. The summed E-state index contributed by atoms with van der Waals surface area (Å²) >= 11 is 0. The average Bonchev–Trinajstić information content (AvgIpc) is 2.76. The predicted molar refractivity (Wildman–Crippen MR) is 129 cm³/mol. The Labute approximate surface area is 204 Å². The molecule has 0 bridgehead atoms. The highest BCUT2D eigenvalue weighted by molar-refractivity contribution is 5.70. The van der Waals surface area contributed by atoms with E-state index in [4.69, 9.17) is 19.8 Å². The number of rotatable bonds is 10. The minimum Gasteiger partial charge on any atom is -0.554 e. The first-order valence-electron chi connectivity index (χ1n) is 11.7. The van der Waals surface area contributed by atoms with E-state index >= 15 is 0 Å². The maximum Gasteiger partial charge on any atom is 0.430 e. The number of carbonyl (C=O) groups is 2. The number of nitrogens with zero attached hydrogens (tertiary/aromatic N) is 2. The molecule has 0 radical (unpaired) electrons. The third kappa shape index (κ3) is 23.0. The van der Waals surface area contributed by atoms with E-state index in [0.717, 1.165) is 4.48 Å². The Hall–Kier alpha value is -2.13. The molecule has 0 N–H and O–H groups in total. The van der Waals surface area contributed by atoms with Crippen LogP contribution in [0.2, 0.25) is 0 Å². The van der Waals surface area contributed by atoms with Crippen LogP contribution >= 0.6 is 0 Å². The van der Waals surface area contributed by atoms with E-state index in [2.05, 4.69) is 73.2 Å². The van der Waals surface area contributed by atoms with E-state index < -0.39 is 18.6 Å². The summed E-state index contributed by atoms with van der Waals surface area (Å²) in [6, 6.07) is 10.5. The zero-order chi connectivity index (χ0) is 27.3. The lowest BCUT2D eigenvalue weighted by molar-refractivity contribution is -0.910. The van der Waals surface area contributed by atoms with Crippen molar-refractivity contribution in [3.05, 3.63) is 30.3 Å². The van der Waals surface area contributed by atoms with Gasteiger partial charge in [-0.15, -0.1) is 0 Å². The lowest BCUT2D eigenvalue weighted by Crippen LogP contribution is -2.46. The number of quaternary nitrogens is 2. The van der Waals surface area contributed by atoms with E-state index in [0.29, 0.717) is 0 Å². The molecule has 1 aromatic carbocycles. The van der Waals surface area contributed by atoms with Gasteiger partial charge in [-0.05, 0) is 31.4 Å². The highest BCUT2D eigenvalue weighted by Crippen LogP contribution is 2.14. The van der Waals surface area contributed by atoms with Gasteiger partial charge < -0.3 is 24.3 Å². The first-order chi connectivity index (χ1) is 15.6. The highest BCUT2D eigenvalue weighted by atomic mass is 19.4. The van der Waals surface area contributed by atoms with E-state index in [1.54, 1.807) is 0 Å². The maximum atomic E-state index is 10.5. The van der Waals surface area contributed by atoms with Gasteiger partial charge in [-0.1, -0.05) is 58.2 Å². The highest BCUT2D eigenvalue weighted by Gasteiger charge is 2.28. The van der Waals surface area contributed by atoms with Crippen molar-refractivity contribution in [2.45, 2.75) is 65.5 Å². The number of benzene rings is 1. The first-order valence-corrected chi connectivity index (χ1v) is 11.7. The number of para-hydroxylation sites is 1. The summed E-state index contributed by atoms with van der Waals surface area (Å²) < 4.78 is 33.8. The number of halogens is 3. The third-order valence-electron chi connectivity index (χ3n) is 4.92. The number of hydrogen-bond acceptors (Lipinski definition) is 4. The van der Waals surface area contributed by atoms with Crippen molar-refractivity contribution >= 4 is 18.1 Å². The van der Waals surface area contributed by atoms with Crippen LogP contribution < -0.4 is 14.7 Å². The topological polar surface area (TPSA) is 80.3 Å². The summed E-state index contributed by atoms with van der Waals surface area (Å²) in [5.74, 6) is -3.01. The van der Waals surface area contributed by atoms with Gasteiger partial charge in [0.25, 0.3) is 0 Å². The molecule has 9 heteroatoms. The van der Waals surface area contributed by atoms with Crippen molar-refractivity contribution in [3.63, 3.8) is 0 Å². The van der Waals surface area contributed by atoms with Crippen LogP contribution in [0.25, 0.3) is 0 Å². The molecule has 0 fully saturated rings. The second-order valence-electron chi connectivity index (χ2n) is 9.08. The zero-order valence-electron chi connectivity index (χ0n) is 22.0. The average molecular weight is 495 g/mol. The minimum absolute atomic E-state index is 0.500. The SMILES string of the molecule is CCCC[N+](C)(CCCC)CCCC.C[N+](C)(C)c1ccccc1.O=C([O-])C(F)(F)F.O=C[O-]. The van der Waals surface area contributed by atoms with Gasteiger partial charge in [0.05, 0.1) is 47.8 Å². The predicted octanol–water partition coefficient (Wildman–Crippen LogP) is 3.38. The molecule has 0 amide bonds. The molecule has 1 aromatic rings. The Morgan fingerprint density at radius 2 is 1.15 bits per heavy atom. The van der Waals surface area contributed by atoms with Crippen molar-refractivity contribution < 1.29 is 37.5 Å². The minimum atomic E-state index is -5.19. The monoisotopic (exact) mass is 494 g/mol. The van der Waals surface area contributed by atoms with Gasteiger partial charge in [-0.2, -0.15) is 13.2 Å². The summed E-state index contributed by atoms with van der Waals surface area (Å²) in [6.45, 7) is 10.5. The third-order valence-corrected chi connectivity index (χ3v) is 4.92. The zero-order valence-corrected chi connectivity index (χ0v) is 22.0. The molecule has 0 saturated heterocycles. The molecule has 6 nitrogen and oxygen atoms in total. The molecule has 1 rings (SSSR count). The maximum absolute atomic E-state index is 10.5. The summed E-state index contributed by atoms with van der Waals surface area (Å²) in [5, 5.41) is 17.0. The van der Waals surface area contributed by atoms with Crippen LogP contribution in [0.3, 0.4) is 0 Å². The normalized spacial score (nSPS) is 11.0. The molecular formula is C25H45F3N2O4. The fourth-order valence-corrected chi connectivity index (χ4v) is 2.83. The van der Waals surface area contributed by atoms with Crippen LogP contribution in [0, 0.1) is 0 Å². The largest absolute Gasteiger partial charge is 0.554 e. The summed E-state index contributed by atoms with van der Waals surface area (Å²) in [4.78, 5) is 17.0. The lowest BCUT2D eigenvalue weighted by atomic mass is 10.2. The van der Waals surface area contributed by atoms with Gasteiger partial charge in [-0.3, -0.25) is 4.48 Å². The molecule has 0 spiro atoms. The molecule has 0 saturated carbocycles. The quantitative estimate of drug-likeness (QED) is 0.369. The smallest absolute Gasteiger partial charge is 0.430 e. The van der Waals surface area contributed by atoms with Gasteiger partial charge in [0.15, 0.2) is 0 Å². The van der Waals surface area contributed by atoms with Crippen molar-refractivity contribution in [1.29, 1.82) is 0 Å². The lowest BCUT2D eigenvalue weighted by Gasteiger charge is -2.34. The van der Waals surface area contributed by atoms with E-state index in [1.807, 2.05) is 6.07 Å². The first kappa shape index (κ1) is 36.4. The molecular weight excluding hydrogens is 449 g/mol. The summed E-state index contributed by atoms with van der Waals surface area (Å²) in [5.41, 5.74) is 1.34. The second-order valence-corrected chi connectivity index (χ2v) is 9.08. The van der Waals surface area contributed by atoms with Crippen LogP contribution in [-0.4, -0.2) is 70.9 Å². The van der Waals surface area contributed by atoms with Crippen LogP contribution in [0.1, 0.15) is 59.3 Å². The summed E-state index contributed by atoms with van der Waals surface area (Å²) in [7, 11) is 8.93. The van der Waals surface area contributed by atoms with Crippen molar-refractivity contribution in [2.24, 2.45) is 0 Å². The molecule has 0 aromatic heterocycles. The molecule has 0 aliphatic carbocycles. The van der Waals surface area contributed by atoms with E-state index in [1.165, 1.54) is 68.3 Å². The van der Waals surface area contributed by atoms with Crippen molar-refractivity contribution in [3.8, 4) is 0 Å². The Balaban J connectivity index is -0.000000420. The number of alkyl halides is 3. The fraction of sp³-hybridized carbons (Fsp3) is 0.680. The van der Waals surface area contributed by atoms with Crippen LogP contribution in [0.4, 0.5) is 18.9 Å². The number of unbranched alkanes of at least 4 members (excludes halogenated alkanes) is 3. The van der Waals surface area contributed by atoms with Crippen molar-refractivity contribution in [1.82, 2.24) is 4.48 Å². The van der Waals surface area contributed by atoms with E-state index in [-0.39, 0.29) is 0 Å². The van der Waals surface area contributed by atoms with Gasteiger partial charge in [0.1, 0.15) is 11.7 Å². The number of carboxylic acid groups (broad SMARTS) is 2. The van der Waals surface area contributed by atoms with Gasteiger partial charge >= 0.3 is 6.18 Å². The molecule has 34 heavy (non-hydrogen) atoms. The van der Waals surface area contributed by atoms with Gasteiger partial charge in [0, 0.05) is 6.47 Å². The summed E-state index contributed by atoms with van der Waals surface area (Å²) in [6.07, 6.45) is 3.00. The second kappa shape index (κ2) is 20.3. The molecule has 200 valence electrons. The van der Waals surface area contributed by atoms with Crippen LogP contribution in [-0.2, 0) is 9.59 Å².